The van der Waals surface area contributed by atoms with E-state index in [-0.39, 0.29) is 16.5 Å². The van der Waals surface area contributed by atoms with E-state index in [1.54, 1.807) is 18.3 Å². The molecular weight excluding hydrogens is 1080 g/mol. The number of anilines is 1. The number of alkyl halides is 6. The Hall–Kier alpha value is -6.73. The summed E-state index contributed by atoms with van der Waals surface area (Å²) in [5, 5.41) is 36.8. The molecule has 79 heavy (non-hydrogen) atoms. The third-order valence-corrected chi connectivity index (χ3v) is 16.0. The van der Waals surface area contributed by atoms with Crippen molar-refractivity contribution >= 4 is 41.2 Å². The number of carbonyl (C=O) groups excluding carboxylic acids is 3. The minimum atomic E-state index is -5.24. The largest absolute Gasteiger partial charge is 0.465 e. The minimum Gasteiger partial charge on any atom is -0.465 e. The number of aromatic nitrogens is 3. The molecule has 426 valence electrons. The summed E-state index contributed by atoms with van der Waals surface area (Å²) in [6.07, 6.45) is -12.0. The Morgan fingerprint density at radius 3 is 1.99 bits per heavy atom. The molecule has 1 aliphatic carbocycles. The second-order valence-electron chi connectivity index (χ2n) is 21.2. The molecular formula is C52H58F8N10O8S. The van der Waals surface area contributed by atoms with E-state index in [0.717, 1.165) is 82.0 Å². The van der Waals surface area contributed by atoms with Gasteiger partial charge in [-0.1, -0.05) is 35.3 Å². The molecule has 4 fully saturated rings. The number of amides is 4. The quantitative estimate of drug-likeness (QED) is 0.0346. The number of nitrogens with one attached hydrogen (secondary N) is 4. The highest BCUT2D eigenvalue weighted by molar-refractivity contribution is 7.14. The van der Waals surface area contributed by atoms with E-state index in [1.165, 1.54) is 17.4 Å². The fourth-order valence-electron chi connectivity index (χ4n) is 9.55. The van der Waals surface area contributed by atoms with E-state index in [9.17, 15) is 55.7 Å². The first kappa shape index (κ1) is 58.4. The van der Waals surface area contributed by atoms with Gasteiger partial charge in [-0.15, -0.1) is 10.2 Å². The van der Waals surface area contributed by atoms with Gasteiger partial charge >= 0.3 is 24.5 Å². The Bertz CT molecular complexity index is 2920. The molecule has 0 spiro atoms. The number of methoxy groups -OCH3 is 1. The third-order valence-electron chi connectivity index (χ3n) is 14.9. The monoisotopic (exact) mass is 1130 g/mol. The maximum absolute atomic E-state index is 16.1. The molecule has 6 atom stereocenters. The summed E-state index contributed by atoms with van der Waals surface area (Å²) in [5.41, 5.74) is -3.57. The number of alkyl carbamates (subject to hydrolysis) is 1. The minimum absolute atomic E-state index is 0.0319. The maximum atomic E-state index is 16.1. The first-order chi connectivity index (χ1) is 37.1. The van der Waals surface area contributed by atoms with Gasteiger partial charge in [0.25, 0.3) is 5.91 Å². The van der Waals surface area contributed by atoms with Crippen LogP contribution in [0.25, 0.3) is 10.6 Å². The zero-order valence-corrected chi connectivity index (χ0v) is 44.2. The molecule has 8 rings (SSSR count). The normalized spacial score (nSPS) is 19.4. The van der Waals surface area contributed by atoms with Crippen molar-refractivity contribution in [1.29, 1.82) is 0 Å². The molecule has 4 amide bonds. The summed E-state index contributed by atoms with van der Waals surface area (Å²) in [6, 6.07) is 6.16. The number of aliphatic hydroxyl groups is 1. The van der Waals surface area contributed by atoms with Gasteiger partial charge in [-0.05, 0) is 95.3 Å². The molecule has 18 nitrogen and oxygen atoms in total. The number of halogens is 8. The molecule has 5 heterocycles. The predicted octanol–water partition coefficient (Wildman–Crippen LogP) is 6.28. The topological polar surface area (TPSA) is 224 Å². The average molecular weight is 1140 g/mol. The lowest BCUT2D eigenvalue weighted by Gasteiger charge is -2.42. The van der Waals surface area contributed by atoms with Crippen LogP contribution in [0.3, 0.4) is 0 Å². The van der Waals surface area contributed by atoms with Crippen LogP contribution >= 0.6 is 11.3 Å². The number of carbonyl (C=O) groups is 4. The molecule has 3 saturated heterocycles. The molecule has 4 aromatic rings. The number of aliphatic hydroxyl groups excluding tert-OH is 1. The van der Waals surface area contributed by atoms with Crippen molar-refractivity contribution in [2.24, 2.45) is 10.8 Å². The van der Waals surface area contributed by atoms with Crippen LogP contribution in [0, 0.1) is 34.3 Å². The lowest BCUT2D eigenvalue weighted by Crippen LogP contribution is -2.63. The van der Waals surface area contributed by atoms with Crippen molar-refractivity contribution in [3.05, 3.63) is 93.6 Å². The van der Waals surface area contributed by atoms with Crippen molar-refractivity contribution in [2.45, 2.75) is 121 Å². The molecule has 27 heteroatoms. The number of likely N-dealkylation sites (tertiary alicyclic amines) is 1. The number of hydrogen-bond donors (Lipinski definition) is 6. The second-order valence-corrected chi connectivity index (χ2v) is 22.2. The standard InChI is InChI=1S/C52H58F8N10O8S/c1-49(2,51(55,56)57)41(64-48(76)77-5)43(72)62-38(16-28-9-6-27(7-10-28)8-11-29-12-15-40(61-20-29)70-22-32-19-33(70)21-69(32)34-25-78-26-34)39(71)24-68(67-44(73)42(63-47(74)75)50(3,4)52(58,59)60)23-35-36(53)17-31(18-37(35)54)46-66-65-45(79-46)30-13-14-30/h6-7,9-10,12,15,17-18,20,30,32-34,38-39,41-42,63,71H,13-14,16,19,21-26H2,1-5H3,(H,62,72)(H,64,76)(H,67,73)(H,74,75)/t32-,33-,38?,39?,41?,42?/m1/s1. The lowest BCUT2D eigenvalue weighted by molar-refractivity contribution is -0.221. The zero-order valence-electron chi connectivity index (χ0n) is 43.3. The number of carboxylic acid groups (broad SMARTS) is 1. The number of hydrazine groups is 1. The Morgan fingerprint density at radius 1 is 0.835 bits per heavy atom. The maximum Gasteiger partial charge on any atom is 0.407 e. The predicted molar refractivity (Wildman–Crippen MR) is 269 cm³/mol. The smallest absolute Gasteiger partial charge is 0.407 e. The van der Waals surface area contributed by atoms with E-state index < -0.39 is 108 Å². The van der Waals surface area contributed by atoms with Gasteiger partial charge in [0.1, 0.15) is 39.6 Å². The van der Waals surface area contributed by atoms with Crippen molar-refractivity contribution in [3.63, 3.8) is 0 Å². The third kappa shape index (κ3) is 13.3. The summed E-state index contributed by atoms with van der Waals surface area (Å²) in [4.78, 5) is 61.7. The summed E-state index contributed by atoms with van der Waals surface area (Å²) >= 11 is 1.11. The molecule has 2 bridgehead atoms. The lowest BCUT2D eigenvalue weighted by atomic mass is 9.82. The van der Waals surface area contributed by atoms with Crippen molar-refractivity contribution in [1.82, 2.24) is 46.5 Å². The van der Waals surface area contributed by atoms with E-state index in [0.29, 0.717) is 72.5 Å². The number of fused-ring (bicyclic) bond motifs is 2. The first-order valence-electron chi connectivity index (χ1n) is 25.1. The first-order valence-corrected chi connectivity index (χ1v) is 25.9. The molecule has 0 radical (unpaired) electrons. The van der Waals surface area contributed by atoms with Crippen molar-refractivity contribution < 1.29 is 74.0 Å². The SMILES string of the molecule is COC(=O)NC(C(=O)NC(Cc1ccc(C#Cc2ccc(N3C[C@H]4C[C@@H]3CN4C3COC3)nc2)cc1)C(O)CN(Cc1c(F)cc(-c2nnc(C3CC3)s2)cc1F)NC(=O)C(NC(=O)O)C(C)(C)C(F)(F)F)C(C)(C)C(F)(F)F. The fraction of sp³-hybridized carbons (Fsp3) is 0.519. The molecule has 6 N–H and O–H groups in total. The number of hydrogen-bond acceptors (Lipinski definition) is 14. The van der Waals surface area contributed by atoms with Gasteiger partial charge in [0.15, 0.2) is 0 Å². The number of pyridine rings is 1. The van der Waals surface area contributed by atoms with E-state index in [2.05, 4.69) is 46.9 Å². The van der Waals surface area contributed by atoms with Gasteiger partial charge in [-0.3, -0.25) is 19.9 Å². The highest BCUT2D eigenvalue weighted by atomic mass is 32.1. The Kier molecular flexibility index (Phi) is 17.1. The van der Waals surface area contributed by atoms with Gasteiger partial charge in [0.2, 0.25) is 5.91 Å². The van der Waals surface area contributed by atoms with E-state index in [4.69, 9.17) is 4.74 Å². The van der Waals surface area contributed by atoms with E-state index in [1.807, 2.05) is 22.9 Å². The zero-order chi connectivity index (χ0) is 57.4. The van der Waals surface area contributed by atoms with Gasteiger partial charge in [-0.2, -0.15) is 26.3 Å². The van der Waals surface area contributed by atoms with Crippen LogP contribution < -0.4 is 26.3 Å². The molecule has 2 aromatic carbocycles. The summed E-state index contributed by atoms with van der Waals surface area (Å²) < 4.78 is 129. The Balaban J connectivity index is 1.07. The van der Waals surface area contributed by atoms with Crippen LogP contribution in [0.4, 0.5) is 50.5 Å². The van der Waals surface area contributed by atoms with Crippen LogP contribution in [0.1, 0.15) is 80.1 Å². The highest BCUT2D eigenvalue weighted by Crippen LogP contribution is 2.44. The summed E-state index contributed by atoms with van der Waals surface area (Å²) in [5.74, 6) is 1.34. The summed E-state index contributed by atoms with van der Waals surface area (Å²) in [6.45, 7) is 3.45. The fourth-order valence-corrected chi connectivity index (χ4v) is 10.6. The second kappa shape index (κ2) is 23.2. The van der Waals surface area contributed by atoms with Crippen molar-refractivity contribution in [3.8, 4) is 22.4 Å². The van der Waals surface area contributed by atoms with Gasteiger partial charge in [-0.25, -0.2) is 28.4 Å². The highest BCUT2D eigenvalue weighted by Gasteiger charge is 2.57. The van der Waals surface area contributed by atoms with Gasteiger partial charge in [0.05, 0.1) is 49.3 Å². The Morgan fingerprint density at radius 2 is 1.46 bits per heavy atom. The number of nitrogens with zero attached hydrogens (tertiary/aromatic N) is 6. The van der Waals surface area contributed by atoms with Crippen LogP contribution in [0.2, 0.25) is 0 Å². The van der Waals surface area contributed by atoms with Gasteiger partial charge < -0.3 is 40.5 Å². The van der Waals surface area contributed by atoms with E-state index >= 15 is 8.78 Å². The van der Waals surface area contributed by atoms with Crippen LogP contribution in [-0.2, 0) is 32.0 Å². The number of benzene rings is 2. The van der Waals surface area contributed by atoms with Crippen LogP contribution in [-0.4, -0.2) is 154 Å². The average Bonchev–Trinajstić information content (AvgIpc) is 3.95. The van der Waals surface area contributed by atoms with Crippen LogP contribution in [0.5, 0.6) is 0 Å². The summed E-state index contributed by atoms with van der Waals surface area (Å²) in [7, 11) is 0.839. The molecule has 4 aliphatic rings. The number of ether oxygens (including phenoxy) is 2. The molecule has 2 aromatic heterocycles. The van der Waals surface area contributed by atoms with Crippen LogP contribution in [0.15, 0.2) is 54.7 Å². The Labute approximate surface area is 452 Å². The van der Waals surface area contributed by atoms with Gasteiger partial charge in [0, 0.05) is 72.6 Å². The molecule has 3 aliphatic heterocycles. The molecule has 1 saturated carbocycles. The molecule has 4 unspecified atom stereocenters. The number of piperazine rings is 1. The van der Waals surface area contributed by atoms with Crippen molar-refractivity contribution in [2.75, 3.05) is 44.9 Å². The number of rotatable bonds is 19.